The summed E-state index contributed by atoms with van der Waals surface area (Å²) in [4.78, 5) is 44.2. The molecule has 1 rings (SSSR count). The lowest BCUT2D eigenvalue weighted by Crippen LogP contribution is -2.16. The van der Waals surface area contributed by atoms with E-state index in [1.165, 1.54) is 45.9 Å². The zero-order valence-electron chi connectivity index (χ0n) is 22.0. The molecule has 0 spiro atoms. The van der Waals surface area contributed by atoms with Gasteiger partial charge in [-0.15, -0.1) is 0 Å². The van der Waals surface area contributed by atoms with Gasteiger partial charge in [-0.1, -0.05) is 45.1 Å². The molecule has 0 saturated carbocycles. The first-order valence-electron chi connectivity index (χ1n) is 11.9. The number of hydrogen-bond acceptors (Lipinski definition) is 11. The van der Waals surface area contributed by atoms with E-state index in [4.69, 9.17) is 17.2 Å². The van der Waals surface area contributed by atoms with Crippen LogP contribution in [0.25, 0.3) is 0 Å². The lowest BCUT2D eigenvalue weighted by atomic mass is 10.0. The molecule has 0 radical (unpaired) electrons. The molecule has 1 aromatic rings. The third-order valence-corrected chi connectivity index (χ3v) is 16.2. The standard InChI is InChI=1S/C20H41NO10P6/c1-6-7-8-9-10-11-13-18-14-12-17-21-19(18)15-16-20(36(26,28-32(2)22)29-33(3)23)37(27,30-34(4)24)31-35(5)25/h12,14,17,20,22-25H,6-11,13,15-16H2,1-5H3. The van der Waals surface area contributed by atoms with Crippen molar-refractivity contribution >= 4 is 48.7 Å². The van der Waals surface area contributed by atoms with Crippen molar-refractivity contribution in [1.29, 1.82) is 0 Å². The van der Waals surface area contributed by atoms with E-state index in [2.05, 4.69) is 11.9 Å². The summed E-state index contributed by atoms with van der Waals surface area (Å²) in [6, 6.07) is 3.79. The van der Waals surface area contributed by atoms with Gasteiger partial charge >= 0.3 is 15.2 Å². The Bertz CT molecular complexity index is 810. The average Bonchev–Trinajstić information content (AvgIpc) is 2.74. The Balaban J connectivity index is 3.29. The van der Waals surface area contributed by atoms with E-state index in [-0.39, 0.29) is 12.8 Å². The maximum absolute atomic E-state index is 13.9. The van der Waals surface area contributed by atoms with Crippen molar-refractivity contribution in [3.05, 3.63) is 29.6 Å². The molecule has 4 unspecified atom stereocenters. The van der Waals surface area contributed by atoms with Crippen LogP contribution in [-0.2, 0) is 39.2 Å². The highest BCUT2D eigenvalue weighted by molar-refractivity contribution is 7.82. The molecule has 0 aliphatic carbocycles. The van der Waals surface area contributed by atoms with Crippen LogP contribution in [0.15, 0.2) is 18.3 Å². The summed E-state index contributed by atoms with van der Waals surface area (Å²) in [5.74, 6) is 0. The molecule has 0 aliphatic heterocycles. The molecule has 0 bridgehead atoms. The fraction of sp³-hybridized carbons (Fsp3) is 0.750. The monoisotopic (exact) mass is 641 g/mol. The maximum atomic E-state index is 13.9. The van der Waals surface area contributed by atoms with E-state index in [1.807, 2.05) is 12.1 Å². The summed E-state index contributed by atoms with van der Waals surface area (Å²) in [5, 5.41) is -1.65. The summed E-state index contributed by atoms with van der Waals surface area (Å²) in [6.45, 7) is 7.17. The molecule has 0 fully saturated rings. The van der Waals surface area contributed by atoms with Gasteiger partial charge in [0, 0.05) is 38.6 Å². The van der Waals surface area contributed by atoms with Crippen LogP contribution in [0, 0.1) is 0 Å². The van der Waals surface area contributed by atoms with Crippen molar-refractivity contribution in [3.63, 3.8) is 0 Å². The zero-order valence-corrected chi connectivity index (χ0v) is 27.4. The SMILES string of the molecule is CCCCCCCCc1cccnc1CCC(P(=O)(OP(C)O)OP(C)O)P(=O)(OP(C)O)OP(C)O. The van der Waals surface area contributed by atoms with Crippen molar-refractivity contribution in [3.8, 4) is 0 Å². The van der Waals surface area contributed by atoms with Gasteiger partial charge in [-0.2, -0.15) is 0 Å². The summed E-state index contributed by atoms with van der Waals surface area (Å²) >= 11 is 0. The van der Waals surface area contributed by atoms with E-state index in [0.717, 1.165) is 31.2 Å². The molecule has 37 heavy (non-hydrogen) atoms. The van der Waals surface area contributed by atoms with Crippen molar-refractivity contribution in [2.45, 2.75) is 70.1 Å². The fourth-order valence-electron chi connectivity index (χ4n) is 3.68. The molecule has 0 saturated heterocycles. The largest absolute Gasteiger partial charge is 0.356 e. The van der Waals surface area contributed by atoms with Gasteiger partial charge < -0.3 is 19.6 Å². The highest BCUT2D eigenvalue weighted by atomic mass is 31.3. The minimum atomic E-state index is -4.55. The second kappa shape index (κ2) is 18.4. The predicted octanol–water partition coefficient (Wildman–Crippen LogP) is 7.43. The Morgan fingerprint density at radius 1 is 0.784 bits per heavy atom. The molecular weight excluding hydrogens is 600 g/mol. The van der Waals surface area contributed by atoms with Crippen molar-refractivity contribution in [2.75, 3.05) is 26.7 Å². The molecule has 4 atom stereocenters. The highest BCUT2D eigenvalue weighted by Gasteiger charge is 2.54. The van der Waals surface area contributed by atoms with Crippen LogP contribution in [0.1, 0.15) is 63.1 Å². The average molecular weight is 641 g/mol. The molecule has 1 heterocycles. The minimum Gasteiger partial charge on any atom is -0.350 e. The summed E-state index contributed by atoms with van der Waals surface area (Å²) in [5.41, 5.74) is 1.68. The van der Waals surface area contributed by atoms with Crippen LogP contribution in [0.4, 0.5) is 0 Å². The van der Waals surface area contributed by atoms with E-state index < -0.39 is 54.1 Å². The molecule has 216 valence electrons. The van der Waals surface area contributed by atoms with Crippen LogP contribution >= 0.6 is 48.7 Å². The number of aromatic nitrogens is 1. The van der Waals surface area contributed by atoms with Gasteiger partial charge in [0.1, 0.15) is 0 Å². The van der Waals surface area contributed by atoms with Gasteiger partial charge in [-0.05, 0) is 37.3 Å². The first-order valence-corrected chi connectivity index (χ1v) is 21.8. The van der Waals surface area contributed by atoms with Gasteiger partial charge in [0.25, 0.3) is 0 Å². The van der Waals surface area contributed by atoms with Gasteiger partial charge in [0.05, 0.1) is 0 Å². The number of hydrogen-bond donors (Lipinski definition) is 4. The summed E-state index contributed by atoms with van der Waals surface area (Å²) in [6.07, 6.45) is 9.26. The molecule has 0 aromatic carbocycles. The summed E-state index contributed by atoms with van der Waals surface area (Å²) in [7, 11) is -18.2. The lowest BCUT2D eigenvalue weighted by molar-refractivity contribution is 0.346. The van der Waals surface area contributed by atoms with Gasteiger partial charge in [0.15, 0.2) is 38.9 Å². The van der Waals surface area contributed by atoms with Crippen LogP contribution in [0.2, 0.25) is 0 Å². The number of rotatable bonds is 20. The van der Waals surface area contributed by atoms with Crippen molar-refractivity contribution in [2.24, 2.45) is 0 Å². The molecular formula is C20H41NO10P6. The Kier molecular flexibility index (Phi) is 18.0. The number of nitrogens with zero attached hydrogens (tertiary/aromatic N) is 1. The van der Waals surface area contributed by atoms with Gasteiger partial charge in [-0.3, -0.25) is 31.4 Å². The Morgan fingerprint density at radius 2 is 1.24 bits per heavy atom. The zero-order chi connectivity index (χ0) is 28.1. The minimum absolute atomic E-state index is 0.159. The third-order valence-electron chi connectivity index (χ3n) is 5.08. The second-order valence-electron chi connectivity index (χ2n) is 8.41. The Labute approximate surface area is 225 Å². The van der Waals surface area contributed by atoms with Crippen LogP contribution in [0.3, 0.4) is 0 Å². The van der Waals surface area contributed by atoms with E-state index in [0.29, 0.717) is 5.69 Å². The lowest BCUT2D eigenvalue weighted by Gasteiger charge is -2.33. The van der Waals surface area contributed by atoms with E-state index in [9.17, 15) is 28.7 Å². The summed E-state index contributed by atoms with van der Waals surface area (Å²) < 4.78 is 48.9. The third kappa shape index (κ3) is 14.0. The normalized spacial score (nSPS) is 19.4. The molecule has 4 N–H and O–H groups in total. The van der Waals surface area contributed by atoms with Gasteiger partial charge in [0.2, 0.25) is 0 Å². The van der Waals surface area contributed by atoms with Crippen LogP contribution in [-0.4, -0.2) is 56.6 Å². The van der Waals surface area contributed by atoms with Gasteiger partial charge in [-0.25, -0.2) is 0 Å². The van der Waals surface area contributed by atoms with Crippen molar-refractivity contribution in [1.82, 2.24) is 4.98 Å². The number of unbranched alkanes of at least 4 members (excludes halogenated alkanes) is 5. The number of pyridine rings is 1. The first kappa shape index (κ1) is 36.0. The fourth-order valence-corrected chi connectivity index (χ4v) is 15.3. The van der Waals surface area contributed by atoms with Crippen LogP contribution < -0.4 is 0 Å². The predicted molar refractivity (Wildman–Crippen MR) is 153 cm³/mol. The van der Waals surface area contributed by atoms with Crippen molar-refractivity contribution < 1.29 is 45.9 Å². The van der Waals surface area contributed by atoms with E-state index in [1.54, 1.807) is 6.20 Å². The first-order chi connectivity index (χ1) is 17.3. The quantitative estimate of drug-likeness (QED) is 0.0826. The highest BCUT2D eigenvalue weighted by Crippen LogP contribution is 2.80. The molecule has 11 nitrogen and oxygen atoms in total. The molecule has 0 amide bonds. The molecule has 1 aromatic heterocycles. The Morgan fingerprint density at radius 3 is 1.70 bits per heavy atom. The molecule has 17 heteroatoms. The van der Waals surface area contributed by atoms with E-state index >= 15 is 0 Å². The second-order valence-corrected chi connectivity index (χ2v) is 18.5. The maximum Gasteiger partial charge on any atom is 0.356 e. The van der Waals surface area contributed by atoms with Crippen LogP contribution in [0.5, 0.6) is 0 Å². The number of aryl methyl sites for hydroxylation is 2. The smallest absolute Gasteiger partial charge is 0.350 e. The molecule has 0 aliphatic rings. The topological polar surface area (TPSA) is 165 Å². The Hall–Kier alpha value is 1.01.